The summed E-state index contributed by atoms with van der Waals surface area (Å²) in [6.45, 7) is 8.22. The number of hydrogen-bond donors (Lipinski definition) is 1. The van der Waals surface area contributed by atoms with Crippen LogP contribution in [0.25, 0.3) is 0 Å². The van der Waals surface area contributed by atoms with E-state index in [0.717, 1.165) is 24.8 Å². The van der Waals surface area contributed by atoms with Crippen LogP contribution < -0.4 is 10.1 Å². The largest absolute Gasteiger partial charge is 0.493 e. The Kier molecular flexibility index (Phi) is 6.39. The zero-order chi connectivity index (χ0) is 20.3. The van der Waals surface area contributed by atoms with Gasteiger partial charge in [0.05, 0.1) is 23.8 Å². The van der Waals surface area contributed by atoms with Crippen LogP contribution in [0.15, 0.2) is 24.3 Å². The summed E-state index contributed by atoms with van der Waals surface area (Å²) in [4.78, 5) is 26.9. The number of esters is 1. The third kappa shape index (κ3) is 4.38. The van der Waals surface area contributed by atoms with E-state index in [9.17, 15) is 9.59 Å². The van der Waals surface area contributed by atoms with E-state index in [1.54, 1.807) is 18.2 Å². The van der Waals surface area contributed by atoms with Gasteiger partial charge in [0.2, 0.25) is 0 Å². The Morgan fingerprint density at radius 3 is 2.75 bits per heavy atom. The first kappa shape index (κ1) is 20.4. The predicted molar refractivity (Wildman–Crippen MR) is 112 cm³/mol. The van der Waals surface area contributed by atoms with Crippen LogP contribution in [0.5, 0.6) is 5.75 Å². The molecule has 1 aliphatic rings. The molecule has 1 heterocycles. The van der Waals surface area contributed by atoms with Gasteiger partial charge in [-0.1, -0.05) is 19.1 Å². The quantitative estimate of drug-likeness (QED) is 0.685. The molecule has 0 bridgehead atoms. The number of benzene rings is 1. The minimum absolute atomic E-state index is 0.215. The second-order valence-corrected chi connectivity index (χ2v) is 8.50. The van der Waals surface area contributed by atoms with Gasteiger partial charge in [-0.25, -0.2) is 4.79 Å². The molecule has 150 valence electrons. The number of nitrogens with one attached hydrogen (secondary N) is 1. The summed E-state index contributed by atoms with van der Waals surface area (Å²) in [6.07, 6.45) is 2.58. The van der Waals surface area contributed by atoms with Crippen molar-refractivity contribution in [2.24, 2.45) is 5.92 Å². The summed E-state index contributed by atoms with van der Waals surface area (Å²) in [6, 6.07) is 7.13. The topological polar surface area (TPSA) is 64.6 Å². The Labute approximate surface area is 170 Å². The van der Waals surface area contributed by atoms with Gasteiger partial charge in [0.1, 0.15) is 10.8 Å². The van der Waals surface area contributed by atoms with Crippen molar-refractivity contribution in [3.05, 3.63) is 45.8 Å². The molecule has 0 fully saturated rings. The van der Waals surface area contributed by atoms with Crippen molar-refractivity contribution in [1.82, 2.24) is 0 Å². The SMILES string of the molecule is CCOc1ccccc1C(=O)Nc1sc2c(c1C(=O)OC(C)C)CCC(C)C2. The average Bonchev–Trinajstić information content (AvgIpc) is 2.98. The molecule has 1 aromatic heterocycles. The molecular formula is C22H27NO4S. The number of ether oxygens (including phenoxy) is 2. The van der Waals surface area contributed by atoms with Gasteiger partial charge in [-0.3, -0.25) is 4.79 Å². The molecule has 1 aromatic carbocycles. The van der Waals surface area contributed by atoms with Crippen LogP contribution in [0.2, 0.25) is 0 Å². The van der Waals surface area contributed by atoms with Crippen molar-refractivity contribution in [3.63, 3.8) is 0 Å². The normalized spacial score (nSPS) is 15.8. The fourth-order valence-electron chi connectivity index (χ4n) is 3.43. The Morgan fingerprint density at radius 1 is 1.29 bits per heavy atom. The molecule has 5 nitrogen and oxygen atoms in total. The van der Waals surface area contributed by atoms with Crippen LogP contribution in [-0.2, 0) is 17.6 Å². The molecule has 0 saturated heterocycles. The summed E-state index contributed by atoms with van der Waals surface area (Å²) >= 11 is 1.49. The van der Waals surface area contributed by atoms with Crippen LogP contribution in [0.4, 0.5) is 5.00 Å². The lowest BCUT2D eigenvalue weighted by Crippen LogP contribution is -2.19. The summed E-state index contributed by atoms with van der Waals surface area (Å²) in [5, 5.41) is 3.52. The Hall–Kier alpha value is -2.34. The fourth-order valence-corrected chi connectivity index (χ4v) is 4.83. The number of carbonyl (C=O) groups excluding carboxylic acids is 2. The highest BCUT2D eigenvalue weighted by Crippen LogP contribution is 2.40. The monoisotopic (exact) mass is 401 g/mol. The van der Waals surface area contributed by atoms with Gasteiger partial charge in [0.15, 0.2) is 0 Å². The van der Waals surface area contributed by atoms with E-state index in [0.29, 0.717) is 34.4 Å². The number of amides is 1. The molecule has 1 aliphatic carbocycles. The van der Waals surface area contributed by atoms with Crippen molar-refractivity contribution in [2.45, 2.75) is 53.1 Å². The smallest absolute Gasteiger partial charge is 0.341 e. The van der Waals surface area contributed by atoms with E-state index in [4.69, 9.17) is 9.47 Å². The molecule has 1 atom stereocenters. The third-order valence-corrected chi connectivity index (χ3v) is 5.89. The van der Waals surface area contributed by atoms with Crippen LogP contribution >= 0.6 is 11.3 Å². The second kappa shape index (κ2) is 8.78. The van der Waals surface area contributed by atoms with E-state index in [2.05, 4.69) is 12.2 Å². The van der Waals surface area contributed by atoms with Gasteiger partial charge in [0, 0.05) is 4.88 Å². The van der Waals surface area contributed by atoms with Gasteiger partial charge in [-0.05, 0) is 63.6 Å². The molecule has 2 aromatic rings. The molecule has 0 spiro atoms. The zero-order valence-corrected chi connectivity index (χ0v) is 17.7. The number of carbonyl (C=O) groups is 2. The molecular weight excluding hydrogens is 374 g/mol. The van der Waals surface area contributed by atoms with Gasteiger partial charge < -0.3 is 14.8 Å². The minimum Gasteiger partial charge on any atom is -0.493 e. The molecule has 3 rings (SSSR count). The number of thiophene rings is 1. The zero-order valence-electron chi connectivity index (χ0n) is 16.8. The van der Waals surface area contributed by atoms with Crippen LogP contribution in [0, 0.1) is 5.92 Å². The maximum Gasteiger partial charge on any atom is 0.341 e. The molecule has 0 aliphatic heterocycles. The Bertz CT molecular complexity index is 871. The van der Waals surface area contributed by atoms with E-state index < -0.39 is 0 Å². The molecule has 0 saturated carbocycles. The summed E-state index contributed by atoms with van der Waals surface area (Å²) in [5.41, 5.74) is 2.00. The highest BCUT2D eigenvalue weighted by Gasteiger charge is 2.30. The second-order valence-electron chi connectivity index (χ2n) is 7.39. The number of para-hydroxylation sites is 1. The molecule has 6 heteroatoms. The Balaban J connectivity index is 1.95. The lowest BCUT2D eigenvalue weighted by molar-refractivity contribution is 0.0378. The highest BCUT2D eigenvalue weighted by molar-refractivity contribution is 7.17. The van der Waals surface area contributed by atoms with Crippen molar-refractivity contribution < 1.29 is 19.1 Å². The van der Waals surface area contributed by atoms with E-state index in [-0.39, 0.29) is 18.0 Å². The molecule has 1 amide bonds. The van der Waals surface area contributed by atoms with Gasteiger partial charge >= 0.3 is 5.97 Å². The van der Waals surface area contributed by atoms with Crippen molar-refractivity contribution in [1.29, 1.82) is 0 Å². The number of hydrogen-bond acceptors (Lipinski definition) is 5. The maximum absolute atomic E-state index is 12.9. The summed E-state index contributed by atoms with van der Waals surface area (Å²) < 4.78 is 11.0. The van der Waals surface area contributed by atoms with E-state index >= 15 is 0 Å². The summed E-state index contributed by atoms with van der Waals surface area (Å²) in [7, 11) is 0. The first-order valence-electron chi connectivity index (χ1n) is 9.79. The van der Waals surface area contributed by atoms with Crippen LogP contribution in [0.1, 0.15) is 65.3 Å². The molecule has 28 heavy (non-hydrogen) atoms. The fraction of sp³-hybridized carbons (Fsp3) is 0.455. The van der Waals surface area contributed by atoms with Crippen LogP contribution in [-0.4, -0.2) is 24.6 Å². The predicted octanol–water partition coefficient (Wildman–Crippen LogP) is 5.09. The number of rotatable bonds is 6. The molecule has 0 radical (unpaired) electrons. The van der Waals surface area contributed by atoms with Gasteiger partial charge in [-0.2, -0.15) is 0 Å². The molecule has 1 unspecified atom stereocenters. The average molecular weight is 402 g/mol. The van der Waals surface area contributed by atoms with Crippen molar-refractivity contribution in [3.8, 4) is 5.75 Å². The van der Waals surface area contributed by atoms with Crippen molar-refractivity contribution >= 4 is 28.2 Å². The standard InChI is InChI=1S/C22H27NO4S/c1-5-26-17-9-7-6-8-15(17)20(24)23-21-19(22(25)27-13(2)3)16-11-10-14(4)12-18(16)28-21/h6-9,13-14H,5,10-12H2,1-4H3,(H,23,24). The van der Waals surface area contributed by atoms with E-state index in [1.165, 1.54) is 16.2 Å². The van der Waals surface area contributed by atoms with Gasteiger partial charge in [0.25, 0.3) is 5.91 Å². The van der Waals surface area contributed by atoms with E-state index in [1.807, 2.05) is 26.8 Å². The van der Waals surface area contributed by atoms with Crippen molar-refractivity contribution in [2.75, 3.05) is 11.9 Å². The third-order valence-electron chi connectivity index (χ3n) is 4.72. The maximum atomic E-state index is 12.9. The Morgan fingerprint density at radius 2 is 2.04 bits per heavy atom. The van der Waals surface area contributed by atoms with Gasteiger partial charge in [-0.15, -0.1) is 11.3 Å². The first-order valence-corrected chi connectivity index (χ1v) is 10.6. The lowest BCUT2D eigenvalue weighted by atomic mass is 9.88. The highest BCUT2D eigenvalue weighted by atomic mass is 32.1. The molecule has 1 N–H and O–H groups in total. The minimum atomic E-state index is -0.365. The summed E-state index contributed by atoms with van der Waals surface area (Å²) in [5.74, 6) is 0.454. The number of anilines is 1. The van der Waals surface area contributed by atoms with Crippen LogP contribution in [0.3, 0.4) is 0 Å². The number of fused-ring (bicyclic) bond motifs is 1. The first-order chi connectivity index (χ1) is 13.4. The lowest BCUT2D eigenvalue weighted by Gasteiger charge is -2.19.